The number of aryl methyl sites for hydroxylation is 1. The molecule has 1 aromatic heterocycles. The van der Waals surface area contributed by atoms with Gasteiger partial charge in [0.05, 0.1) is 11.4 Å². The molecule has 0 unspecified atom stereocenters. The molecule has 0 aliphatic heterocycles. The monoisotopic (exact) mass is 137 g/mol. The van der Waals surface area contributed by atoms with E-state index in [1.54, 1.807) is 12.4 Å². The van der Waals surface area contributed by atoms with Crippen molar-refractivity contribution in [2.24, 2.45) is 5.73 Å². The summed E-state index contributed by atoms with van der Waals surface area (Å²) in [5.41, 5.74) is 7.19. The Morgan fingerprint density at radius 3 is 2.30 bits per heavy atom. The maximum absolute atomic E-state index is 5.34. The zero-order valence-electron chi connectivity index (χ0n) is 6.04. The first-order chi connectivity index (χ1) is 4.86. The lowest BCUT2D eigenvalue weighted by Gasteiger charge is -1.95. The van der Waals surface area contributed by atoms with Crippen LogP contribution in [0.4, 0.5) is 0 Å². The lowest BCUT2D eigenvalue weighted by Crippen LogP contribution is -2.01. The van der Waals surface area contributed by atoms with E-state index in [0.29, 0.717) is 6.54 Å². The summed E-state index contributed by atoms with van der Waals surface area (Å²) >= 11 is 0. The third kappa shape index (κ3) is 1.51. The summed E-state index contributed by atoms with van der Waals surface area (Å²) in [4.78, 5) is 8.21. The molecule has 1 aromatic rings. The van der Waals surface area contributed by atoms with E-state index >= 15 is 0 Å². The van der Waals surface area contributed by atoms with Gasteiger partial charge in [0, 0.05) is 18.9 Å². The highest BCUT2D eigenvalue weighted by molar-refractivity contribution is 5.01. The van der Waals surface area contributed by atoms with E-state index in [1.165, 1.54) is 0 Å². The fourth-order valence-electron chi connectivity index (χ4n) is 0.669. The molecular weight excluding hydrogens is 126 g/mol. The molecule has 54 valence electrons. The normalized spacial score (nSPS) is 9.80. The molecule has 1 heterocycles. The molecule has 0 atom stereocenters. The van der Waals surface area contributed by atoms with Crippen LogP contribution in [0.15, 0.2) is 12.4 Å². The number of aromatic nitrogens is 2. The molecule has 0 spiro atoms. The molecule has 0 saturated heterocycles. The van der Waals surface area contributed by atoms with Gasteiger partial charge in [-0.3, -0.25) is 9.97 Å². The first-order valence-electron chi connectivity index (χ1n) is 3.36. The first kappa shape index (κ1) is 7.15. The average molecular weight is 137 g/mol. The smallest absolute Gasteiger partial charge is 0.0722 e. The first-order valence-corrected chi connectivity index (χ1v) is 3.36. The highest BCUT2D eigenvalue weighted by Crippen LogP contribution is 1.94. The van der Waals surface area contributed by atoms with Crippen molar-refractivity contribution in [2.45, 2.75) is 19.9 Å². The summed E-state index contributed by atoms with van der Waals surface area (Å²) in [6.45, 7) is 2.52. The van der Waals surface area contributed by atoms with Gasteiger partial charge in [0.25, 0.3) is 0 Å². The highest BCUT2D eigenvalue weighted by Gasteiger charge is 1.91. The van der Waals surface area contributed by atoms with Crippen LogP contribution < -0.4 is 5.73 Å². The van der Waals surface area contributed by atoms with Crippen molar-refractivity contribution >= 4 is 0 Å². The summed E-state index contributed by atoms with van der Waals surface area (Å²) in [6.07, 6.45) is 4.42. The minimum absolute atomic E-state index is 0.469. The minimum atomic E-state index is 0.469. The van der Waals surface area contributed by atoms with Crippen LogP contribution in [0, 0.1) is 0 Å². The van der Waals surface area contributed by atoms with Crippen LogP contribution >= 0.6 is 0 Å². The second kappa shape index (κ2) is 3.27. The summed E-state index contributed by atoms with van der Waals surface area (Å²) in [5, 5.41) is 0. The van der Waals surface area contributed by atoms with Crippen LogP contribution in [0.3, 0.4) is 0 Å². The van der Waals surface area contributed by atoms with Crippen molar-refractivity contribution in [1.82, 2.24) is 9.97 Å². The Morgan fingerprint density at radius 2 is 1.90 bits per heavy atom. The standard InChI is InChI=1S/C7H11N3/c1-2-6-4-10-7(3-8)5-9-6/h4-5H,2-3,8H2,1H3. The van der Waals surface area contributed by atoms with Gasteiger partial charge < -0.3 is 5.73 Å². The maximum Gasteiger partial charge on any atom is 0.0722 e. The molecule has 0 amide bonds. The molecule has 0 aliphatic rings. The molecule has 3 nitrogen and oxygen atoms in total. The van der Waals surface area contributed by atoms with E-state index in [4.69, 9.17) is 5.73 Å². The molecule has 0 radical (unpaired) electrons. The fourth-order valence-corrected chi connectivity index (χ4v) is 0.669. The Bertz CT molecular complexity index is 170. The number of nitrogens with two attached hydrogens (primary N) is 1. The van der Waals surface area contributed by atoms with Crippen LogP contribution in [0.5, 0.6) is 0 Å². The van der Waals surface area contributed by atoms with Crippen molar-refractivity contribution < 1.29 is 0 Å². The third-order valence-corrected chi connectivity index (χ3v) is 1.33. The van der Waals surface area contributed by atoms with Gasteiger partial charge in [-0.05, 0) is 6.42 Å². The van der Waals surface area contributed by atoms with Gasteiger partial charge in [-0.25, -0.2) is 0 Å². The summed E-state index contributed by atoms with van der Waals surface area (Å²) in [6, 6.07) is 0. The molecule has 3 heteroatoms. The largest absolute Gasteiger partial charge is 0.325 e. The highest BCUT2D eigenvalue weighted by atomic mass is 14.8. The van der Waals surface area contributed by atoms with E-state index in [-0.39, 0.29) is 0 Å². The predicted octanol–water partition coefficient (Wildman–Crippen LogP) is 0.498. The van der Waals surface area contributed by atoms with Crippen molar-refractivity contribution in [3.8, 4) is 0 Å². The average Bonchev–Trinajstić information content (AvgIpc) is 2.05. The van der Waals surface area contributed by atoms with Gasteiger partial charge in [0.1, 0.15) is 0 Å². The SMILES string of the molecule is CCc1cnc(CN)cn1. The zero-order valence-corrected chi connectivity index (χ0v) is 6.04. The van der Waals surface area contributed by atoms with Gasteiger partial charge in [0.2, 0.25) is 0 Å². The molecule has 2 N–H and O–H groups in total. The second-order valence-electron chi connectivity index (χ2n) is 2.06. The van der Waals surface area contributed by atoms with Crippen LogP contribution in [-0.2, 0) is 13.0 Å². The van der Waals surface area contributed by atoms with E-state index in [0.717, 1.165) is 17.8 Å². The molecule has 10 heavy (non-hydrogen) atoms. The lowest BCUT2D eigenvalue weighted by molar-refractivity contribution is 0.918. The number of hydrogen-bond acceptors (Lipinski definition) is 3. The molecule has 0 aliphatic carbocycles. The number of nitrogens with zero attached hydrogens (tertiary/aromatic N) is 2. The minimum Gasteiger partial charge on any atom is -0.325 e. The Kier molecular flexibility index (Phi) is 2.34. The summed E-state index contributed by atoms with van der Waals surface area (Å²) in [5.74, 6) is 0. The Labute approximate surface area is 60.3 Å². The van der Waals surface area contributed by atoms with Crippen molar-refractivity contribution in [2.75, 3.05) is 0 Å². The van der Waals surface area contributed by atoms with Crippen molar-refractivity contribution in [3.63, 3.8) is 0 Å². The zero-order chi connectivity index (χ0) is 7.40. The van der Waals surface area contributed by atoms with Crippen LogP contribution in [0.2, 0.25) is 0 Å². The predicted molar refractivity (Wildman–Crippen MR) is 39.3 cm³/mol. The topological polar surface area (TPSA) is 51.8 Å². The summed E-state index contributed by atoms with van der Waals surface area (Å²) < 4.78 is 0. The van der Waals surface area contributed by atoms with Crippen molar-refractivity contribution in [3.05, 3.63) is 23.8 Å². The van der Waals surface area contributed by atoms with Gasteiger partial charge >= 0.3 is 0 Å². The van der Waals surface area contributed by atoms with Gasteiger partial charge in [-0.2, -0.15) is 0 Å². The molecule has 1 rings (SSSR count). The lowest BCUT2D eigenvalue weighted by atomic mass is 10.3. The van der Waals surface area contributed by atoms with E-state index in [1.807, 2.05) is 6.92 Å². The second-order valence-corrected chi connectivity index (χ2v) is 2.06. The van der Waals surface area contributed by atoms with Gasteiger partial charge in [0.15, 0.2) is 0 Å². The molecule has 0 aromatic carbocycles. The van der Waals surface area contributed by atoms with Crippen LogP contribution in [-0.4, -0.2) is 9.97 Å². The Morgan fingerprint density at radius 1 is 1.30 bits per heavy atom. The Balaban J connectivity index is 2.80. The van der Waals surface area contributed by atoms with Crippen LogP contribution in [0.1, 0.15) is 18.3 Å². The van der Waals surface area contributed by atoms with Gasteiger partial charge in [-0.15, -0.1) is 0 Å². The molecular formula is C7H11N3. The molecule has 0 fully saturated rings. The van der Waals surface area contributed by atoms with E-state index in [9.17, 15) is 0 Å². The quantitative estimate of drug-likeness (QED) is 0.645. The summed E-state index contributed by atoms with van der Waals surface area (Å²) in [7, 11) is 0. The maximum atomic E-state index is 5.34. The van der Waals surface area contributed by atoms with Gasteiger partial charge in [-0.1, -0.05) is 6.92 Å². The van der Waals surface area contributed by atoms with E-state index < -0.39 is 0 Å². The van der Waals surface area contributed by atoms with E-state index in [2.05, 4.69) is 9.97 Å². The fraction of sp³-hybridized carbons (Fsp3) is 0.429. The Hall–Kier alpha value is -0.960. The van der Waals surface area contributed by atoms with Crippen molar-refractivity contribution in [1.29, 1.82) is 0 Å². The number of hydrogen-bond donors (Lipinski definition) is 1. The number of rotatable bonds is 2. The van der Waals surface area contributed by atoms with Crippen LogP contribution in [0.25, 0.3) is 0 Å². The molecule has 0 saturated carbocycles. The molecule has 0 bridgehead atoms. The third-order valence-electron chi connectivity index (χ3n) is 1.33.